The molecule has 1 amide bonds. The zero-order chi connectivity index (χ0) is 14.8. The number of carbonyl (C=O) groups is 1. The first-order valence-electron chi connectivity index (χ1n) is 6.93. The summed E-state index contributed by atoms with van der Waals surface area (Å²) in [5, 5.41) is 2.39. The molecule has 3 nitrogen and oxygen atoms in total. The van der Waals surface area contributed by atoms with Crippen LogP contribution in [0.25, 0.3) is 10.8 Å². The topological polar surface area (TPSA) is 33.5 Å². The van der Waals surface area contributed by atoms with Crippen molar-refractivity contribution >= 4 is 16.7 Å². The van der Waals surface area contributed by atoms with E-state index < -0.39 is 0 Å². The van der Waals surface area contributed by atoms with Crippen LogP contribution in [0, 0.1) is 6.92 Å². The zero-order valence-electron chi connectivity index (χ0n) is 12.2. The number of aryl methyl sites for hydroxylation is 1. The molecular weight excluding hydrogens is 262 g/mol. The van der Waals surface area contributed by atoms with E-state index in [4.69, 9.17) is 4.42 Å². The molecule has 0 aliphatic rings. The molecule has 0 aliphatic heterocycles. The number of nitrogens with zero attached hydrogens (tertiary/aromatic N) is 1. The standard InChI is InChI=1S/C18H17NO2/c1-13-7-10-17(21-13)18(20)19(2)12-14-8-9-15-5-3-4-6-16(15)11-14/h3-11H,12H2,1-2H3. The van der Waals surface area contributed by atoms with E-state index in [9.17, 15) is 4.79 Å². The molecule has 0 aliphatic carbocycles. The van der Waals surface area contributed by atoms with Crippen LogP contribution >= 0.6 is 0 Å². The third-order valence-electron chi connectivity index (χ3n) is 3.53. The fourth-order valence-electron chi connectivity index (χ4n) is 2.42. The Kier molecular flexibility index (Phi) is 3.48. The van der Waals surface area contributed by atoms with Crippen LogP contribution in [0.3, 0.4) is 0 Å². The Labute approximate surface area is 123 Å². The van der Waals surface area contributed by atoms with Crippen molar-refractivity contribution in [3.63, 3.8) is 0 Å². The number of fused-ring (bicyclic) bond motifs is 1. The third-order valence-corrected chi connectivity index (χ3v) is 3.53. The number of rotatable bonds is 3. The minimum absolute atomic E-state index is 0.101. The summed E-state index contributed by atoms with van der Waals surface area (Å²) in [7, 11) is 1.79. The van der Waals surface area contributed by atoms with Crippen molar-refractivity contribution in [2.24, 2.45) is 0 Å². The number of carbonyl (C=O) groups excluding carboxylic acids is 1. The fraction of sp³-hybridized carbons (Fsp3) is 0.167. The Morgan fingerprint density at radius 3 is 2.52 bits per heavy atom. The van der Waals surface area contributed by atoms with E-state index in [0.29, 0.717) is 12.3 Å². The normalized spacial score (nSPS) is 10.8. The van der Waals surface area contributed by atoms with Crippen molar-refractivity contribution in [1.82, 2.24) is 4.90 Å². The van der Waals surface area contributed by atoms with Gasteiger partial charge in [0.15, 0.2) is 5.76 Å². The maximum atomic E-state index is 12.3. The van der Waals surface area contributed by atoms with E-state index in [1.807, 2.05) is 19.1 Å². The lowest BCUT2D eigenvalue weighted by Crippen LogP contribution is -2.25. The first-order chi connectivity index (χ1) is 10.1. The molecule has 3 rings (SSSR count). The van der Waals surface area contributed by atoms with Crippen LogP contribution in [0.2, 0.25) is 0 Å². The summed E-state index contributed by atoms with van der Waals surface area (Å²) < 4.78 is 5.38. The van der Waals surface area contributed by atoms with Crippen molar-refractivity contribution in [2.45, 2.75) is 13.5 Å². The second-order valence-corrected chi connectivity index (χ2v) is 5.25. The van der Waals surface area contributed by atoms with Gasteiger partial charge in [-0.2, -0.15) is 0 Å². The van der Waals surface area contributed by atoms with Gasteiger partial charge in [-0.15, -0.1) is 0 Å². The number of amides is 1. The van der Waals surface area contributed by atoms with Gasteiger partial charge in [0.2, 0.25) is 0 Å². The molecule has 0 radical (unpaired) electrons. The van der Waals surface area contributed by atoms with Gasteiger partial charge in [-0.05, 0) is 41.5 Å². The quantitative estimate of drug-likeness (QED) is 0.725. The summed E-state index contributed by atoms with van der Waals surface area (Å²) in [4.78, 5) is 13.9. The SMILES string of the molecule is Cc1ccc(C(=O)N(C)Cc2ccc3ccccc3c2)o1. The molecule has 106 valence electrons. The number of benzene rings is 2. The van der Waals surface area contributed by atoms with E-state index in [0.717, 1.165) is 11.3 Å². The van der Waals surface area contributed by atoms with Gasteiger partial charge in [0.1, 0.15) is 5.76 Å². The van der Waals surface area contributed by atoms with Crippen LogP contribution in [0.5, 0.6) is 0 Å². The highest BCUT2D eigenvalue weighted by molar-refractivity contribution is 5.91. The van der Waals surface area contributed by atoms with Crippen molar-refractivity contribution in [3.8, 4) is 0 Å². The molecule has 0 atom stereocenters. The maximum absolute atomic E-state index is 12.3. The van der Waals surface area contributed by atoms with E-state index >= 15 is 0 Å². The summed E-state index contributed by atoms with van der Waals surface area (Å²) in [5.74, 6) is 1.03. The van der Waals surface area contributed by atoms with Gasteiger partial charge in [0.05, 0.1) is 0 Å². The van der Waals surface area contributed by atoms with Crippen LogP contribution in [0.15, 0.2) is 59.0 Å². The van der Waals surface area contributed by atoms with E-state index in [1.54, 1.807) is 24.1 Å². The lowest BCUT2D eigenvalue weighted by Gasteiger charge is -2.16. The molecule has 0 fully saturated rings. The van der Waals surface area contributed by atoms with Gasteiger partial charge in [-0.1, -0.05) is 36.4 Å². The third kappa shape index (κ3) is 2.82. The molecule has 0 saturated heterocycles. The number of furan rings is 1. The molecule has 1 aromatic heterocycles. The predicted octanol–water partition coefficient (Wildman–Crippen LogP) is 4.01. The minimum Gasteiger partial charge on any atom is -0.456 e. The van der Waals surface area contributed by atoms with Crippen molar-refractivity contribution < 1.29 is 9.21 Å². The minimum atomic E-state index is -0.101. The first kappa shape index (κ1) is 13.4. The molecular formula is C18H17NO2. The van der Waals surface area contributed by atoms with Crippen LogP contribution < -0.4 is 0 Å². The summed E-state index contributed by atoms with van der Waals surface area (Å²) >= 11 is 0. The lowest BCUT2D eigenvalue weighted by molar-refractivity contribution is 0.0752. The van der Waals surface area contributed by atoms with Crippen LogP contribution in [0.1, 0.15) is 21.9 Å². The highest BCUT2D eigenvalue weighted by atomic mass is 16.3. The molecule has 0 unspecified atom stereocenters. The van der Waals surface area contributed by atoms with Crippen LogP contribution in [-0.2, 0) is 6.54 Å². The second-order valence-electron chi connectivity index (χ2n) is 5.25. The average molecular weight is 279 g/mol. The lowest BCUT2D eigenvalue weighted by atomic mass is 10.1. The summed E-state index contributed by atoms with van der Waals surface area (Å²) in [6.07, 6.45) is 0. The van der Waals surface area contributed by atoms with Gasteiger partial charge in [-0.25, -0.2) is 0 Å². The van der Waals surface area contributed by atoms with E-state index in [2.05, 4.69) is 30.3 Å². The largest absolute Gasteiger partial charge is 0.456 e. The molecule has 1 heterocycles. The molecule has 3 aromatic rings. The van der Waals surface area contributed by atoms with Crippen molar-refractivity contribution in [2.75, 3.05) is 7.05 Å². The van der Waals surface area contributed by atoms with E-state index in [1.165, 1.54) is 10.8 Å². The average Bonchev–Trinajstić information content (AvgIpc) is 2.93. The summed E-state index contributed by atoms with van der Waals surface area (Å²) in [6.45, 7) is 2.39. The Morgan fingerprint density at radius 2 is 1.81 bits per heavy atom. The number of hydrogen-bond donors (Lipinski definition) is 0. The fourth-order valence-corrected chi connectivity index (χ4v) is 2.42. The summed E-state index contributed by atoms with van der Waals surface area (Å²) in [5.41, 5.74) is 1.10. The van der Waals surface area contributed by atoms with Crippen molar-refractivity contribution in [3.05, 3.63) is 71.7 Å². The van der Waals surface area contributed by atoms with Crippen LogP contribution in [0.4, 0.5) is 0 Å². The molecule has 2 aromatic carbocycles. The summed E-state index contributed by atoms with van der Waals surface area (Å²) in [6, 6.07) is 18.0. The Hall–Kier alpha value is -2.55. The van der Waals surface area contributed by atoms with Gasteiger partial charge < -0.3 is 9.32 Å². The maximum Gasteiger partial charge on any atom is 0.289 e. The van der Waals surface area contributed by atoms with E-state index in [-0.39, 0.29) is 5.91 Å². The second kappa shape index (κ2) is 5.44. The smallest absolute Gasteiger partial charge is 0.289 e. The van der Waals surface area contributed by atoms with Gasteiger partial charge in [0.25, 0.3) is 5.91 Å². The molecule has 3 heteroatoms. The number of hydrogen-bond acceptors (Lipinski definition) is 2. The Bertz CT molecular complexity index is 789. The molecule has 0 bridgehead atoms. The monoisotopic (exact) mass is 279 g/mol. The van der Waals surface area contributed by atoms with Gasteiger partial charge in [-0.3, -0.25) is 4.79 Å². The predicted molar refractivity (Wildman–Crippen MR) is 83.2 cm³/mol. The Morgan fingerprint density at radius 1 is 1.05 bits per heavy atom. The molecule has 0 saturated carbocycles. The highest BCUT2D eigenvalue weighted by Crippen LogP contribution is 2.17. The molecule has 0 N–H and O–H groups in total. The zero-order valence-corrected chi connectivity index (χ0v) is 12.2. The molecule has 21 heavy (non-hydrogen) atoms. The van der Waals surface area contributed by atoms with Gasteiger partial charge in [0, 0.05) is 13.6 Å². The first-order valence-corrected chi connectivity index (χ1v) is 6.93. The molecule has 0 spiro atoms. The Balaban J connectivity index is 1.79. The van der Waals surface area contributed by atoms with Gasteiger partial charge >= 0.3 is 0 Å². The van der Waals surface area contributed by atoms with Crippen LogP contribution in [-0.4, -0.2) is 17.9 Å². The van der Waals surface area contributed by atoms with Crippen molar-refractivity contribution in [1.29, 1.82) is 0 Å². The highest BCUT2D eigenvalue weighted by Gasteiger charge is 2.15.